The molecule has 0 bridgehead atoms. The summed E-state index contributed by atoms with van der Waals surface area (Å²) in [4.78, 5) is 18.9. The van der Waals surface area contributed by atoms with Crippen LogP contribution in [0.2, 0.25) is 10.0 Å². The zero-order valence-electron chi connectivity index (χ0n) is 11.1. The molecule has 0 saturated carbocycles. The summed E-state index contributed by atoms with van der Waals surface area (Å²) in [5, 5.41) is 0.698. The summed E-state index contributed by atoms with van der Waals surface area (Å²) < 4.78 is 13.1. The summed E-state index contributed by atoms with van der Waals surface area (Å²) >= 11 is 11.9. The van der Waals surface area contributed by atoms with Gasteiger partial charge in [0.25, 0.3) is 5.56 Å². The molecule has 0 atom stereocenters. The quantitative estimate of drug-likeness (QED) is 0.747. The Morgan fingerprint density at radius 3 is 2.64 bits per heavy atom. The van der Waals surface area contributed by atoms with Crippen LogP contribution in [-0.4, -0.2) is 9.97 Å². The molecule has 3 aromatic rings. The highest BCUT2D eigenvalue weighted by molar-refractivity contribution is 6.42. The first-order valence-electron chi connectivity index (χ1n) is 6.36. The summed E-state index contributed by atoms with van der Waals surface area (Å²) in [6.07, 6.45) is 3.14. The molecule has 0 spiro atoms. The number of hydrogen-bond donors (Lipinski definition) is 1. The van der Waals surface area contributed by atoms with Crippen molar-refractivity contribution in [2.24, 2.45) is 0 Å². The molecule has 3 rings (SSSR count). The Kier molecular flexibility index (Phi) is 3.96. The highest BCUT2D eigenvalue weighted by Crippen LogP contribution is 2.25. The number of nitrogens with zero attached hydrogens (tertiary/aromatic N) is 1. The van der Waals surface area contributed by atoms with Crippen molar-refractivity contribution >= 4 is 46.4 Å². The van der Waals surface area contributed by atoms with Crippen molar-refractivity contribution in [3.05, 3.63) is 73.9 Å². The van der Waals surface area contributed by atoms with Crippen molar-refractivity contribution in [3.63, 3.8) is 0 Å². The first-order chi connectivity index (χ1) is 10.5. The number of halogens is 3. The van der Waals surface area contributed by atoms with Crippen molar-refractivity contribution < 1.29 is 4.39 Å². The molecule has 0 saturated heterocycles. The van der Waals surface area contributed by atoms with Crippen LogP contribution in [0.3, 0.4) is 0 Å². The fourth-order valence-electron chi connectivity index (χ4n) is 1.99. The molecule has 0 unspecified atom stereocenters. The highest BCUT2D eigenvalue weighted by atomic mass is 35.5. The zero-order chi connectivity index (χ0) is 15.7. The topological polar surface area (TPSA) is 45.8 Å². The standard InChI is InChI=1S/C16H9Cl2FN2O/c17-11-7-14-15(8-12(11)18)21-16(22)13(20-14)5-4-9-2-1-3-10(19)6-9/h1-8H,(H,21,22). The van der Waals surface area contributed by atoms with Gasteiger partial charge in [-0.1, -0.05) is 41.4 Å². The summed E-state index contributed by atoms with van der Waals surface area (Å²) in [5.41, 5.74) is 1.50. The Morgan fingerprint density at radius 2 is 1.86 bits per heavy atom. The smallest absolute Gasteiger partial charge is 0.274 e. The number of aromatic nitrogens is 2. The number of hydrogen-bond acceptors (Lipinski definition) is 2. The molecule has 1 N–H and O–H groups in total. The van der Waals surface area contributed by atoms with Gasteiger partial charge in [0.15, 0.2) is 0 Å². The van der Waals surface area contributed by atoms with Gasteiger partial charge in [-0.15, -0.1) is 0 Å². The molecule has 1 heterocycles. The van der Waals surface area contributed by atoms with Crippen molar-refractivity contribution in [3.8, 4) is 0 Å². The number of aromatic amines is 1. The van der Waals surface area contributed by atoms with E-state index < -0.39 is 0 Å². The Hall–Kier alpha value is -2.17. The van der Waals surface area contributed by atoms with Gasteiger partial charge >= 0.3 is 0 Å². The summed E-state index contributed by atoms with van der Waals surface area (Å²) in [7, 11) is 0. The molecule has 6 heteroatoms. The van der Waals surface area contributed by atoms with Crippen LogP contribution in [0.4, 0.5) is 4.39 Å². The number of nitrogens with one attached hydrogen (secondary N) is 1. The fourth-order valence-corrected chi connectivity index (χ4v) is 2.32. The predicted molar refractivity (Wildman–Crippen MR) is 87.7 cm³/mol. The lowest BCUT2D eigenvalue weighted by molar-refractivity contribution is 0.627. The SMILES string of the molecule is O=c1[nH]c2cc(Cl)c(Cl)cc2nc1C=Cc1cccc(F)c1. The van der Waals surface area contributed by atoms with Crippen molar-refractivity contribution in [2.45, 2.75) is 0 Å². The van der Waals surface area contributed by atoms with Gasteiger partial charge in [0.05, 0.1) is 21.1 Å². The molecule has 1 aromatic heterocycles. The van der Waals surface area contributed by atoms with Crippen molar-refractivity contribution in [2.75, 3.05) is 0 Å². The maximum atomic E-state index is 13.1. The van der Waals surface area contributed by atoms with Crippen molar-refractivity contribution in [1.29, 1.82) is 0 Å². The van der Waals surface area contributed by atoms with E-state index in [2.05, 4.69) is 9.97 Å². The van der Waals surface area contributed by atoms with Gasteiger partial charge in [-0.3, -0.25) is 4.79 Å². The van der Waals surface area contributed by atoms with Crippen LogP contribution in [0.5, 0.6) is 0 Å². The molecule has 22 heavy (non-hydrogen) atoms. The molecule has 0 aliphatic heterocycles. The van der Waals surface area contributed by atoms with Crippen LogP contribution in [0.25, 0.3) is 23.2 Å². The highest BCUT2D eigenvalue weighted by Gasteiger charge is 2.06. The molecule has 0 radical (unpaired) electrons. The van der Waals surface area contributed by atoms with E-state index >= 15 is 0 Å². The Bertz CT molecular complexity index is 951. The maximum Gasteiger partial charge on any atom is 0.274 e. The van der Waals surface area contributed by atoms with E-state index in [1.807, 2.05) is 0 Å². The van der Waals surface area contributed by atoms with Gasteiger partial charge < -0.3 is 4.98 Å². The van der Waals surface area contributed by atoms with Gasteiger partial charge in [0.1, 0.15) is 11.5 Å². The summed E-state index contributed by atoms with van der Waals surface area (Å²) in [5.74, 6) is -0.344. The third-order valence-corrected chi connectivity index (χ3v) is 3.76. The third-order valence-electron chi connectivity index (χ3n) is 3.04. The summed E-state index contributed by atoms with van der Waals surface area (Å²) in [6.45, 7) is 0. The third kappa shape index (κ3) is 3.03. The van der Waals surface area contributed by atoms with Gasteiger partial charge in [-0.2, -0.15) is 0 Å². The first-order valence-corrected chi connectivity index (χ1v) is 7.11. The van der Waals surface area contributed by atoms with E-state index in [4.69, 9.17) is 23.2 Å². The molecular weight excluding hydrogens is 326 g/mol. The normalized spacial score (nSPS) is 11.4. The molecule has 110 valence electrons. The lowest BCUT2D eigenvalue weighted by atomic mass is 10.2. The van der Waals surface area contributed by atoms with E-state index in [1.54, 1.807) is 30.3 Å². The maximum absolute atomic E-state index is 13.1. The average Bonchev–Trinajstić information content (AvgIpc) is 2.47. The van der Waals surface area contributed by atoms with Gasteiger partial charge in [-0.25, -0.2) is 9.37 Å². The van der Waals surface area contributed by atoms with Crippen LogP contribution in [-0.2, 0) is 0 Å². The second-order valence-electron chi connectivity index (χ2n) is 4.62. The lowest BCUT2D eigenvalue weighted by Gasteiger charge is -2.01. The van der Waals surface area contributed by atoms with E-state index in [-0.39, 0.29) is 17.1 Å². The van der Waals surface area contributed by atoms with Gasteiger partial charge in [0, 0.05) is 0 Å². The molecule has 3 nitrogen and oxygen atoms in total. The molecule has 2 aromatic carbocycles. The number of benzene rings is 2. The minimum absolute atomic E-state index is 0.204. The van der Waals surface area contributed by atoms with Crippen molar-refractivity contribution in [1.82, 2.24) is 9.97 Å². The van der Waals surface area contributed by atoms with E-state index in [0.717, 1.165) is 0 Å². The fraction of sp³-hybridized carbons (Fsp3) is 0. The monoisotopic (exact) mass is 334 g/mol. The Balaban J connectivity index is 2.05. The van der Waals surface area contributed by atoms with E-state index in [0.29, 0.717) is 26.6 Å². The molecular formula is C16H9Cl2FN2O. The van der Waals surface area contributed by atoms with Crippen LogP contribution >= 0.6 is 23.2 Å². The number of fused-ring (bicyclic) bond motifs is 1. The van der Waals surface area contributed by atoms with Gasteiger partial charge in [0.2, 0.25) is 0 Å². The molecule has 0 aliphatic carbocycles. The zero-order valence-corrected chi connectivity index (χ0v) is 12.6. The van der Waals surface area contributed by atoms with Crippen LogP contribution < -0.4 is 5.56 Å². The predicted octanol–water partition coefficient (Wildman–Crippen LogP) is 4.54. The number of H-pyrrole nitrogens is 1. The van der Waals surface area contributed by atoms with Gasteiger partial charge in [-0.05, 0) is 35.9 Å². The lowest BCUT2D eigenvalue weighted by Crippen LogP contribution is -2.11. The Morgan fingerprint density at radius 1 is 1.09 bits per heavy atom. The van der Waals surface area contributed by atoms with E-state index in [1.165, 1.54) is 18.2 Å². The van der Waals surface area contributed by atoms with E-state index in [9.17, 15) is 9.18 Å². The molecule has 0 fully saturated rings. The minimum atomic E-state index is -0.362. The van der Waals surface area contributed by atoms with Crippen LogP contribution in [0.15, 0.2) is 41.2 Å². The number of rotatable bonds is 2. The largest absolute Gasteiger partial charge is 0.319 e. The first kappa shape index (κ1) is 14.8. The molecule has 0 amide bonds. The summed E-state index contributed by atoms with van der Waals surface area (Å²) in [6, 6.07) is 9.16. The minimum Gasteiger partial charge on any atom is -0.319 e. The average molecular weight is 335 g/mol. The Labute approximate surface area is 135 Å². The van der Waals surface area contributed by atoms with Crippen LogP contribution in [0.1, 0.15) is 11.3 Å². The molecule has 0 aliphatic rings. The van der Waals surface area contributed by atoms with Crippen LogP contribution in [0, 0.1) is 5.82 Å². The second-order valence-corrected chi connectivity index (χ2v) is 5.44. The second kappa shape index (κ2) is 5.91.